The summed E-state index contributed by atoms with van der Waals surface area (Å²) >= 11 is 0. The average Bonchev–Trinajstić information content (AvgIpc) is 2.29. The van der Waals surface area contributed by atoms with Gasteiger partial charge in [-0.25, -0.2) is 0 Å². The molecule has 0 bridgehead atoms. The molecule has 1 fully saturated rings. The maximum atomic E-state index is 11.6. The molecule has 1 heterocycles. The van der Waals surface area contributed by atoms with Crippen molar-refractivity contribution in [1.82, 2.24) is 9.80 Å². The van der Waals surface area contributed by atoms with Crippen LogP contribution in [0.4, 0.5) is 0 Å². The van der Waals surface area contributed by atoms with E-state index in [1.54, 1.807) is 6.92 Å². The minimum Gasteiger partial charge on any atom is -0.393 e. The first-order valence-electron chi connectivity index (χ1n) is 5.66. The van der Waals surface area contributed by atoms with Crippen LogP contribution in [0.2, 0.25) is 0 Å². The minimum atomic E-state index is -0.253. The van der Waals surface area contributed by atoms with Crippen molar-refractivity contribution in [3.63, 3.8) is 0 Å². The summed E-state index contributed by atoms with van der Waals surface area (Å²) in [5.41, 5.74) is 0. The standard InChI is InChI=1S/C11H22N2O2/c1-9-8-13(6-4-10(2)14)7-5-11(15)12(9)3/h9-10,14H,4-8H2,1-3H3. The lowest BCUT2D eigenvalue weighted by molar-refractivity contribution is -0.130. The Labute approximate surface area is 91.9 Å². The number of aliphatic hydroxyl groups excluding tert-OH is 1. The van der Waals surface area contributed by atoms with E-state index in [9.17, 15) is 9.90 Å². The Kier molecular flexibility index (Phi) is 4.54. The van der Waals surface area contributed by atoms with Crippen molar-refractivity contribution in [2.24, 2.45) is 0 Å². The van der Waals surface area contributed by atoms with Crippen molar-refractivity contribution in [2.75, 3.05) is 26.7 Å². The van der Waals surface area contributed by atoms with Crippen LogP contribution in [0.1, 0.15) is 26.7 Å². The molecular weight excluding hydrogens is 192 g/mol. The first kappa shape index (κ1) is 12.5. The van der Waals surface area contributed by atoms with Gasteiger partial charge in [0.25, 0.3) is 0 Å². The zero-order valence-corrected chi connectivity index (χ0v) is 9.94. The van der Waals surface area contributed by atoms with Crippen LogP contribution in [-0.4, -0.2) is 59.6 Å². The molecule has 4 nitrogen and oxygen atoms in total. The number of likely N-dealkylation sites (N-methyl/N-ethyl adjacent to an activating group) is 1. The zero-order valence-electron chi connectivity index (χ0n) is 9.94. The van der Waals surface area contributed by atoms with E-state index < -0.39 is 0 Å². The van der Waals surface area contributed by atoms with Crippen molar-refractivity contribution < 1.29 is 9.90 Å². The van der Waals surface area contributed by atoms with Gasteiger partial charge in [0, 0.05) is 39.1 Å². The van der Waals surface area contributed by atoms with Gasteiger partial charge in [0.2, 0.25) is 5.91 Å². The van der Waals surface area contributed by atoms with Gasteiger partial charge in [-0.2, -0.15) is 0 Å². The Morgan fingerprint density at radius 2 is 2.27 bits per heavy atom. The molecule has 0 radical (unpaired) electrons. The van der Waals surface area contributed by atoms with Gasteiger partial charge in [-0.1, -0.05) is 0 Å². The number of nitrogens with zero attached hydrogens (tertiary/aromatic N) is 2. The summed E-state index contributed by atoms with van der Waals surface area (Å²) in [6.07, 6.45) is 1.13. The summed E-state index contributed by atoms with van der Waals surface area (Å²) in [5, 5.41) is 9.22. The highest BCUT2D eigenvalue weighted by molar-refractivity contribution is 5.76. The lowest BCUT2D eigenvalue weighted by Crippen LogP contribution is -2.39. The SMILES string of the molecule is CC(O)CCN1CCC(=O)N(C)C(C)C1. The van der Waals surface area contributed by atoms with E-state index in [1.807, 2.05) is 11.9 Å². The molecule has 0 aromatic rings. The smallest absolute Gasteiger partial charge is 0.223 e. The van der Waals surface area contributed by atoms with Crippen molar-refractivity contribution in [1.29, 1.82) is 0 Å². The summed E-state index contributed by atoms with van der Waals surface area (Å²) in [5.74, 6) is 0.224. The van der Waals surface area contributed by atoms with E-state index in [2.05, 4.69) is 11.8 Å². The molecule has 0 spiro atoms. The molecule has 1 N–H and O–H groups in total. The fraction of sp³-hybridized carbons (Fsp3) is 0.909. The number of carbonyl (C=O) groups excluding carboxylic acids is 1. The van der Waals surface area contributed by atoms with E-state index in [1.165, 1.54) is 0 Å². The molecule has 2 unspecified atom stereocenters. The quantitative estimate of drug-likeness (QED) is 0.735. The Bertz CT molecular complexity index is 219. The van der Waals surface area contributed by atoms with Gasteiger partial charge >= 0.3 is 0 Å². The van der Waals surface area contributed by atoms with Gasteiger partial charge in [-0.05, 0) is 20.3 Å². The summed E-state index contributed by atoms with van der Waals surface area (Å²) < 4.78 is 0. The molecule has 0 aromatic heterocycles. The second-order valence-electron chi connectivity index (χ2n) is 4.54. The van der Waals surface area contributed by atoms with E-state index in [0.29, 0.717) is 6.42 Å². The van der Waals surface area contributed by atoms with E-state index >= 15 is 0 Å². The van der Waals surface area contributed by atoms with Gasteiger partial charge in [-0.15, -0.1) is 0 Å². The Balaban J connectivity index is 2.44. The average molecular weight is 214 g/mol. The molecule has 2 atom stereocenters. The van der Waals surface area contributed by atoms with Gasteiger partial charge < -0.3 is 14.9 Å². The van der Waals surface area contributed by atoms with Crippen LogP contribution >= 0.6 is 0 Å². The largest absolute Gasteiger partial charge is 0.393 e. The molecule has 1 aliphatic heterocycles. The van der Waals surface area contributed by atoms with Gasteiger partial charge in [0.1, 0.15) is 0 Å². The third-order valence-electron chi connectivity index (χ3n) is 3.08. The van der Waals surface area contributed by atoms with Crippen molar-refractivity contribution in [2.45, 2.75) is 38.8 Å². The maximum Gasteiger partial charge on any atom is 0.223 e. The Morgan fingerprint density at radius 1 is 1.60 bits per heavy atom. The third-order valence-corrected chi connectivity index (χ3v) is 3.08. The minimum absolute atomic E-state index is 0.224. The highest BCUT2D eigenvalue weighted by Crippen LogP contribution is 2.09. The van der Waals surface area contributed by atoms with Crippen LogP contribution < -0.4 is 0 Å². The highest BCUT2D eigenvalue weighted by atomic mass is 16.3. The van der Waals surface area contributed by atoms with Crippen molar-refractivity contribution in [3.05, 3.63) is 0 Å². The summed E-state index contributed by atoms with van der Waals surface area (Å²) in [6, 6.07) is 0.272. The number of hydrogen-bond donors (Lipinski definition) is 1. The number of hydrogen-bond acceptors (Lipinski definition) is 3. The predicted octanol–water partition coefficient (Wildman–Crippen LogP) is 0.310. The molecule has 1 saturated heterocycles. The Morgan fingerprint density at radius 3 is 2.87 bits per heavy atom. The first-order valence-corrected chi connectivity index (χ1v) is 5.66. The summed E-state index contributed by atoms with van der Waals surface area (Å²) in [4.78, 5) is 15.6. The molecule has 1 amide bonds. The molecule has 0 saturated carbocycles. The monoisotopic (exact) mass is 214 g/mol. The van der Waals surface area contributed by atoms with Crippen LogP contribution in [0, 0.1) is 0 Å². The fourth-order valence-electron chi connectivity index (χ4n) is 1.84. The summed E-state index contributed by atoms with van der Waals surface area (Å²) in [7, 11) is 1.87. The van der Waals surface area contributed by atoms with Crippen LogP contribution in [-0.2, 0) is 4.79 Å². The predicted molar refractivity (Wildman–Crippen MR) is 59.6 cm³/mol. The number of aliphatic hydroxyl groups is 1. The van der Waals surface area contributed by atoms with Crippen LogP contribution in [0.25, 0.3) is 0 Å². The second kappa shape index (κ2) is 5.47. The third kappa shape index (κ3) is 3.80. The second-order valence-corrected chi connectivity index (χ2v) is 4.54. The molecule has 0 aromatic carbocycles. The molecule has 1 aliphatic rings. The van der Waals surface area contributed by atoms with Gasteiger partial charge in [0.15, 0.2) is 0 Å². The van der Waals surface area contributed by atoms with Crippen molar-refractivity contribution in [3.8, 4) is 0 Å². The lowest BCUT2D eigenvalue weighted by atomic mass is 10.2. The van der Waals surface area contributed by atoms with Crippen LogP contribution in [0.3, 0.4) is 0 Å². The van der Waals surface area contributed by atoms with Gasteiger partial charge in [-0.3, -0.25) is 4.79 Å². The number of amides is 1. The lowest BCUT2D eigenvalue weighted by Gasteiger charge is -2.26. The number of carbonyl (C=O) groups is 1. The molecule has 15 heavy (non-hydrogen) atoms. The zero-order chi connectivity index (χ0) is 11.4. The number of rotatable bonds is 3. The normalized spacial score (nSPS) is 26.5. The van der Waals surface area contributed by atoms with Crippen LogP contribution in [0.5, 0.6) is 0 Å². The van der Waals surface area contributed by atoms with Crippen molar-refractivity contribution >= 4 is 5.91 Å². The highest BCUT2D eigenvalue weighted by Gasteiger charge is 2.23. The van der Waals surface area contributed by atoms with E-state index in [-0.39, 0.29) is 18.1 Å². The molecular formula is C11H22N2O2. The van der Waals surface area contributed by atoms with Crippen LogP contribution in [0.15, 0.2) is 0 Å². The first-order chi connectivity index (χ1) is 7.00. The maximum absolute atomic E-state index is 11.6. The fourth-order valence-corrected chi connectivity index (χ4v) is 1.84. The molecule has 1 rings (SSSR count). The molecule has 88 valence electrons. The summed E-state index contributed by atoms with van der Waals surface area (Å²) in [6.45, 7) is 6.48. The van der Waals surface area contributed by atoms with E-state index in [0.717, 1.165) is 26.1 Å². The van der Waals surface area contributed by atoms with E-state index in [4.69, 9.17) is 0 Å². The topological polar surface area (TPSA) is 43.8 Å². The van der Waals surface area contributed by atoms with Gasteiger partial charge in [0.05, 0.1) is 6.10 Å². The molecule has 0 aliphatic carbocycles. The Hall–Kier alpha value is -0.610. The molecule has 4 heteroatoms.